The molecule has 0 radical (unpaired) electrons. The number of rotatable bonds is 13. The second-order valence-corrected chi connectivity index (χ2v) is 18.6. The van der Waals surface area contributed by atoms with Gasteiger partial charge in [-0.3, -0.25) is 34.2 Å². The van der Waals surface area contributed by atoms with Crippen molar-refractivity contribution in [2.45, 2.75) is 70.1 Å². The minimum atomic E-state index is -0.630. The molecule has 4 saturated heterocycles. The maximum atomic E-state index is 13.4. The average Bonchev–Trinajstić information content (AvgIpc) is 3.94. The molecule has 0 spiro atoms. The Labute approximate surface area is 393 Å². The molecule has 4 fully saturated rings. The van der Waals surface area contributed by atoms with Crippen LogP contribution in [0.5, 0.6) is 5.75 Å². The predicted octanol–water partition coefficient (Wildman–Crippen LogP) is 3.31. The first-order valence-corrected chi connectivity index (χ1v) is 23.8. The van der Waals surface area contributed by atoms with E-state index in [9.17, 15) is 29.2 Å². The Morgan fingerprint density at radius 1 is 0.897 bits per heavy atom. The number of aromatic nitrogens is 4. The number of aromatic amines is 1. The number of hydrogen-bond acceptors (Lipinski definition) is 13. The van der Waals surface area contributed by atoms with E-state index < -0.39 is 11.9 Å². The van der Waals surface area contributed by atoms with Crippen LogP contribution < -0.4 is 30.7 Å². The van der Waals surface area contributed by atoms with Crippen molar-refractivity contribution in [3.63, 3.8) is 0 Å². The molecule has 10 rings (SSSR count). The monoisotopic (exact) mass is 920 g/mol. The van der Waals surface area contributed by atoms with E-state index in [-0.39, 0.29) is 41.7 Å². The molecule has 9 heterocycles. The summed E-state index contributed by atoms with van der Waals surface area (Å²) in [7, 11) is 0. The highest BCUT2D eigenvalue weighted by Gasteiger charge is 2.39. The summed E-state index contributed by atoms with van der Waals surface area (Å²) in [5.74, 6) is 1.13. The zero-order valence-electron chi connectivity index (χ0n) is 38.1. The van der Waals surface area contributed by atoms with Gasteiger partial charge in [0, 0.05) is 132 Å². The number of imide groups is 1. The largest absolute Gasteiger partial charge is 0.492 e. The Bertz CT molecular complexity index is 2780. The van der Waals surface area contributed by atoms with Gasteiger partial charge in [0.2, 0.25) is 23.3 Å². The van der Waals surface area contributed by atoms with Crippen molar-refractivity contribution in [2.75, 3.05) is 75.3 Å². The Kier molecular flexibility index (Phi) is 12.9. The molecule has 5 aliphatic rings. The highest BCUT2D eigenvalue weighted by molar-refractivity contribution is 6.05. The maximum absolute atomic E-state index is 13.4. The standard InChI is InChI=1S/C50H56N12O6/c51-24-37-28-55-62-31-40(23-41(48(37)62)35-5-8-44(53-27-35)60-14-1-2-38(30-60)52-25-34-3-9-45(63)54-26-34)68-32-33-11-16-59(17-12-33)47(65)13-15-57-18-20-58(21-19-57)39-6-4-36-29-61(50(67)42(36)22-39)43-7-10-46(64)56-49(43)66/h3-6,8-9,22-23,26-28,31,33,38,43,52H,1-2,7,10-21,25,29-30,32H2,(H,54,63)(H,56,64,66). The molecule has 18 heteroatoms. The molecule has 5 aromatic rings. The fourth-order valence-corrected chi connectivity index (χ4v) is 10.3. The molecule has 2 unspecified atom stereocenters. The van der Waals surface area contributed by atoms with Crippen molar-refractivity contribution < 1.29 is 23.9 Å². The number of nitrogens with one attached hydrogen (secondary N) is 3. The zero-order valence-corrected chi connectivity index (χ0v) is 38.1. The Balaban J connectivity index is 0.681. The highest BCUT2D eigenvalue weighted by Crippen LogP contribution is 2.34. The van der Waals surface area contributed by atoms with Gasteiger partial charge in [-0.15, -0.1) is 0 Å². The van der Waals surface area contributed by atoms with Crippen LogP contribution in [0.1, 0.15) is 72.0 Å². The molecule has 5 aliphatic heterocycles. The maximum Gasteiger partial charge on any atom is 0.255 e. The number of amides is 4. The molecule has 2 atom stereocenters. The molecule has 4 amide bonds. The normalized spacial score (nSPS) is 20.4. The second-order valence-electron chi connectivity index (χ2n) is 18.6. The van der Waals surface area contributed by atoms with Crippen LogP contribution in [0.3, 0.4) is 0 Å². The van der Waals surface area contributed by atoms with Crippen molar-refractivity contribution in [3.05, 3.63) is 106 Å². The number of piperidine rings is 3. The molecular formula is C50H56N12O6. The third-order valence-electron chi connectivity index (χ3n) is 14.3. The Morgan fingerprint density at radius 2 is 1.75 bits per heavy atom. The number of carbonyl (C=O) groups excluding carboxylic acids is 4. The quantitative estimate of drug-likeness (QED) is 0.145. The Hall–Kier alpha value is -7.10. The van der Waals surface area contributed by atoms with Crippen molar-refractivity contribution in [1.82, 2.24) is 44.9 Å². The van der Waals surface area contributed by atoms with E-state index >= 15 is 0 Å². The van der Waals surface area contributed by atoms with E-state index in [4.69, 9.17) is 9.72 Å². The van der Waals surface area contributed by atoms with Crippen LogP contribution in [0, 0.1) is 17.2 Å². The molecule has 0 bridgehead atoms. The van der Waals surface area contributed by atoms with Gasteiger partial charge in [0.15, 0.2) is 0 Å². The molecule has 0 aliphatic carbocycles. The third-order valence-corrected chi connectivity index (χ3v) is 14.3. The number of fused-ring (bicyclic) bond motifs is 2. The third kappa shape index (κ3) is 9.67. The van der Waals surface area contributed by atoms with E-state index in [2.05, 4.69) is 41.5 Å². The van der Waals surface area contributed by atoms with Crippen molar-refractivity contribution in [2.24, 2.45) is 5.92 Å². The van der Waals surface area contributed by atoms with Crippen LogP contribution >= 0.6 is 0 Å². The molecule has 1 aromatic carbocycles. The van der Waals surface area contributed by atoms with Gasteiger partial charge in [0.25, 0.3) is 5.91 Å². The van der Waals surface area contributed by atoms with Gasteiger partial charge in [0.1, 0.15) is 23.7 Å². The number of ether oxygens (including phenoxy) is 1. The average molecular weight is 921 g/mol. The van der Waals surface area contributed by atoms with Gasteiger partial charge in [-0.25, -0.2) is 9.50 Å². The summed E-state index contributed by atoms with van der Waals surface area (Å²) in [6.45, 7) is 8.52. The van der Waals surface area contributed by atoms with E-state index in [1.54, 1.807) is 27.9 Å². The molecular weight excluding hydrogens is 865 g/mol. The first kappa shape index (κ1) is 44.7. The number of likely N-dealkylation sites (tertiary alicyclic amines) is 1. The zero-order chi connectivity index (χ0) is 46.7. The second kappa shape index (κ2) is 19.6. The number of piperazine rings is 1. The number of H-pyrrole nitrogens is 1. The molecule has 352 valence electrons. The van der Waals surface area contributed by atoms with Gasteiger partial charge in [-0.1, -0.05) is 12.1 Å². The number of anilines is 2. The molecule has 68 heavy (non-hydrogen) atoms. The van der Waals surface area contributed by atoms with Crippen LogP contribution in [0.25, 0.3) is 16.6 Å². The van der Waals surface area contributed by atoms with Crippen LogP contribution in [0.2, 0.25) is 0 Å². The first-order chi connectivity index (χ1) is 33.1. The number of nitriles is 1. The lowest BCUT2D eigenvalue weighted by Gasteiger charge is -2.37. The summed E-state index contributed by atoms with van der Waals surface area (Å²) < 4.78 is 8.13. The summed E-state index contributed by atoms with van der Waals surface area (Å²) in [4.78, 5) is 80.4. The lowest BCUT2D eigenvalue weighted by atomic mass is 9.97. The fourth-order valence-electron chi connectivity index (χ4n) is 10.3. The van der Waals surface area contributed by atoms with Crippen LogP contribution in [0.4, 0.5) is 11.5 Å². The number of pyridine rings is 3. The highest BCUT2D eigenvalue weighted by atomic mass is 16.5. The number of carbonyl (C=O) groups is 4. The minimum absolute atomic E-state index is 0.108. The lowest BCUT2D eigenvalue weighted by Crippen LogP contribution is -2.52. The van der Waals surface area contributed by atoms with Gasteiger partial charge in [-0.2, -0.15) is 10.4 Å². The van der Waals surface area contributed by atoms with E-state index in [1.807, 2.05) is 59.8 Å². The van der Waals surface area contributed by atoms with Crippen LogP contribution in [0.15, 0.2) is 78.1 Å². The number of benzene rings is 1. The topological polar surface area (TPSA) is 205 Å². The number of hydrogen-bond donors (Lipinski definition) is 3. The lowest BCUT2D eigenvalue weighted by molar-refractivity contribution is -0.137. The first-order valence-electron chi connectivity index (χ1n) is 23.8. The number of nitrogens with zero attached hydrogens (tertiary/aromatic N) is 9. The van der Waals surface area contributed by atoms with Gasteiger partial charge < -0.3 is 34.6 Å². The van der Waals surface area contributed by atoms with Gasteiger partial charge >= 0.3 is 0 Å². The molecule has 3 N–H and O–H groups in total. The minimum Gasteiger partial charge on any atom is -0.492 e. The summed E-state index contributed by atoms with van der Waals surface area (Å²) >= 11 is 0. The fraction of sp³-hybridized carbons (Fsp3) is 0.440. The molecule has 18 nitrogen and oxygen atoms in total. The smallest absolute Gasteiger partial charge is 0.255 e. The SMILES string of the molecule is N#Cc1cnn2cc(OCC3CCN(C(=O)CCN4CCN(c5ccc6c(c5)C(=O)N(C5CCC(=O)NC5=O)C6)CC4)CC3)cc(-c3ccc(N4CCCC(NCc5ccc(=O)[nH]c5)C4)nc3)c12. The predicted molar refractivity (Wildman–Crippen MR) is 253 cm³/mol. The van der Waals surface area contributed by atoms with Crippen molar-refractivity contribution in [3.8, 4) is 22.9 Å². The summed E-state index contributed by atoms with van der Waals surface area (Å²) in [5.41, 5.74) is 6.25. The summed E-state index contributed by atoms with van der Waals surface area (Å²) in [6.07, 6.45) is 11.8. The summed E-state index contributed by atoms with van der Waals surface area (Å²) in [5, 5.41) is 20.4. The van der Waals surface area contributed by atoms with Gasteiger partial charge in [0.05, 0.1) is 30.1 Å². The van der Waals surface area contributed by atoms with Gasteiger partial charge in [-0.05, 0) is 79.5 Å². The van der Waals surface area contributed by atoms with Crippen molar-refractivity contribution >= 4 is 40.7 Å². The molecule has 0 saturated carbocycles. The van der Waals surface area contributed by atoms with E-state index in [0.29, 0.717) is 74.6 Å². The molecule has 4 aromatic heterocycles. The summed E-state index contributed by atoms with van der Waals surface area (Å²) in [6, 6.07) is 17.3. The van der Waals surface area contributed by atoms with E-state index in [0.717, 1.165) is 98.7 Å². The van der Waals surface area contributed by atoms with Crippen LogP contribution in [-0.2, 0) is 27.5 Å². The van der Waals surface area contributed by atoms with Crippen LogP contribution in [-0.4, -0.2) is 136 Å². The Morgan fingerprint density at radius 3 is 2.51 bits per heavy atom. The van der Waals surface area contributed by atoms with Crippen molar-refractivity contribution in [1.29, 1.82) is 5.26 Å². The van der Waals surface area contributed by atoms with E-state index in [1.165, 1.54) is 0 Å².